The third-order valence-corrected chi connectivity index (χ3v) is 5.09. The molecule has 25 heavy (non-hydrogen) atoms. The van der Waals surface area contributed by atoms with Crippen LogP contribution in [0.25, 0.3) is 5.57 Å². The van der Waals surface area contributed by atoms with Crippen LogP contribution in [-0.4, -0.2) is 25.9 Å². The van der Waals surface area contributed by atoms with Crippen LogP contribution in [-0.2, 0) is 0 Å². The number of benzene rings is 2. The highest BCUT2D eigenvalue weighted by molar-refractivity contribution is 6.33. The molecular formula is C21H23ClN2O. The molecule has 0 spiro atoms. The van der Waals surface area contributed by atoms with Crippen molar-refractivity contribution in [2.45, 2.75) is 26.3 Å². The Balaban J connectivity index is 1.96. The zero-order chi connectivity index (χ0) is 18.2. The number of fused-ring (bicyclic) bond motifs is 1. The van der Waals surface area contributed by atoms with E-state index in [1.165, 1.54) is 11.1 Å². The number of rotatable bonds is 3. The van der Waals surface area contributed by atoms with Crippen molar-refractivity contribution in [3.05, 3.63) is 58.6 Å². The first-order chi connectivity index (χ1) is 11.8. The van der Waals surface area contributed by atoms with Gasteiger partial charge >= 0.3 is 0 Å². The van der Waals surface area contributed by atoms with Gasteiger partial charge in [-0.25, -0.2) is 0 Å². The van der Waals surface area contributed by atoms with E-state index in [2.05, 4.69) is 49.9 Å². The van der Waals surface area contributed by atoms with E-state index in [9.17, 15) is 0 Å². The second kappa shape index (κ2) is 6.57. The Morgan fingerprint density at radius 3 is 2.48 bits per heavy atom. The Kier molecular flexibility index (Phi) is 4.61. The third-order valence-electron chi connectivity index (χ3n) is 4.76. The van der Waals surface area contributed by atoms with Gasteiger partial charge in [-0.15, -0.1) is 0 Å². The standard InChI is InChI=1S/C21H23ClN2O/c1-14-12-21(2,3)24(4)20-11-19(22)15(10-18(14)20)13-23-16-6-8-17(25-5)9-7-16/h6-13H,1-5H3. The highest BCUT2D eigenvalue weighted by Gasteiger charge is 2.28. The molecule has 0 radical (unpaired) electrons. The highest BCUT2D eigenvalue weighted by Crippen LogP contribution is 2.40. The number of allylic oxidation sites excluding steroid dienone is 1. The zero-order valence-corrected chi connectivity index (χ0v) is 16.1. The van der Waals surface area contributed by atoms with Crippen LogP contribution in [0, 0.1) is 0 Å². The fraction of sp³-hybridized carbons (Fsp3) is 0.286. The van der Waals surface area contributed by atoms with E-state index in [0.29, 0.717) is 5.02 Å². The SMILES string of the molecule is COc1ccc(N=Cc2cc3c(cc2Cl)N(C)C(C)(C)C=C3C)cc1. The third kappa shape index (κ3) is 3.42. The molecule has 0 unspecified atom stereocenters. The predicted molar refractivity (Wildman–Crippen MR) is 108 cm³/mol. The molecule has 0 aromatic heterocycles. The van der Waals surface area contributed by atoms with Gasteiger partial charge in [0, 0.05) is 30.1 Å². The van der Waals surface area contributed by atoms with Gasteiger partial charge in [0.05, 0.1) is 23.4 Å². The molecule has 1 aliphatic heterocycles. The van der Waals surface area contributed by atoms with Crippen molar-refractivity contribution in [2.75, 3.05) is 19.1 Å². The van der Waals surface area contributed by atoms with Crippen molar-refractivity contribution in [3.63, 3.8) is 0 Å². The van der Waals surface area contributed by atoms with Gasteiger partial charge in [-0.05, 0) is 62.7 Å². The Morgan fingerprint density at radius 2 is 1.84 bits per heavy atom. The monoisotopic (exact) mass is 354 g/mol. The summed E-state index contributed by atoms with van der Waals surface area (Å²) < 4.78 is 5.17. The van der Waals surface area contributed by atoms with Crippen molar-refractivity contribution < 1.29 is 4.74 Å². The molecule has 3 rings (SSSR count). The molecule has 3 nitrogen and oxygen atoms in total. The first kappa shape index (κ1) is 17.6. The average molecular weight is 355 g/mol. The number of halogens is 1. The first-order valence-electron chi connectivity index (χ1n) is 8.27. The van der Waals surface area contributed by atoms with Gasteiger partial charge in [-0.3, -0.25) is 4.99 Å². The van der Waals surface area contributed by atoms with Crippen LogP contribution in [0.15, 0.2) is 47.5 Å². The number of ether oxygens (including phenoxy) is 1. The molecule has 4 heteroatoms. The number of likely N-dealkylation sites (N-methyl/N-ethyl adjacent to an activating group) is 1. The lowest BCUT2D eigenvalue weighted by Crippen LogP contribution is -2.42. The van der Waals surface area contributed by atoms with Crippen LogP contribution in [0.1, 0.15) is 31.9 Å². The van der Waals surface area contributed by atoms with Gasteiger partial charge in [-0.1, -0.05) is 17.7 Å². The predicted octanol–water partition coefficient (Wildman–Crippen LogP) is 5.73. The molecule has 130 valence electrons. The van der Waals surface area contributed by atoms with E-state index in [4.69, 9.17) is 16.3 Å². The number of anilines is 1. The Morgan fingerprint density at radius 1 is 1.16 bits per heavy atom. The van der Waals surface area contributed by atoms with Crippen molar-refractivity contribution in [2.24, 2.45) is 4.99 Å². The molecule has 1 heterocycles. The highest BCUT2D eigenvalue weighted by atomic mass is 35.5. The largest absolute Gasteiger partial charge is 0.497 e. The molecular weight excluding hydrogens is 332 g/mol. The smallest absolute Gasteiger partial charge is 0.119 e. The van der Waals surface area contributed by atoms with Gasteiger partial charge in [0.25, 0.3) is 0 Å². The second-order valence-corrected chi connectivity index (χ2v) is 7.29. The van der Waals surface area contributed by atoms with E-state index in [1.54, 1.807) is 7.11 Å². The molecule has 0 aliphatic carbocycles. The maximum absolute atomic E-state index is 6.52. The number of nitrogens with zero attached hydrogens (tertiary/aromatic N) is 2. The topological polar surface area (TPSA) is 24.8 Å². The fourth-order valence-electron chi connectivity index (χ4n) is 3.10. The summed E-state index contributed by atoms with van der Waals surface area (Å²) in [6.45, 7) is 6.55. The summed E-state index contributed by atoms with van der Waals surface area (Å²) in [5.41, 5.74) is 5.35. The summed E-state index contributed by atoms with van der Waals surface area (Å²) in [6, 6.07) is 11.8. The minimum absolute atomic E-state index is 0.0287. The molecule has 0 saturated carbocycles. The van der Waals surface area contributed by atoms with E-state index >= 15 is 0 Å². The molecule has 0 fully saturated rings. The van der Waals surface area contributed by atoms with Gasteiger partial charge in [-0.2, -0.15) is 0 Å². The Hall–Kier alpha value is -2.26. The van der Waals surface area contributed by atoms with Gasteiger partial charge < -0.3 is 9.64 Å². The van der Waals surface area contributed by atoms with Crippen LogP contribution in [0.2, 0.25) is 5.02 Å². The van der Waals surface area contributed by atoms with Gasteiger partial charge in [0.15, 0.2) is 0 Å². The van der Waals surface area contributed by atoms with Gasteiger partial charge in [0.1, 0.15) is 5.75 Å². The van der Waals surface area contributed by atoms with Crippen LogP contribution in [0.3, 0.4) is 0 Å². The van der Waals surface area contributed by atoms with E-state index in [-0.39, 0.29) is 5.54 Å². The lowest BCUT2D eigenvalue weighted by atomic mass is 9.88. The maximum Gasteiger partial charge on any atom is 0.119 e. The lowest BCUT2D eigenvalue weighted by molar-refractivity contribution is 0.415. The fourth-order valence-corrected chi connectivity index (χ4v) is 3.31. The Bertz CT molecular complexity index is 851. The number of methoxy groups -OCH3 is 1. The molecule has 0 amide bonds. The average Bonchev–Trinajstić information content (AvgIpc) is 2.58. The van der Waals surface area contributed by atoms with Crippen molar-refractivity contribution in [3.8, 4) is 5.75 Å². The normalized spacial score (nSPS) is 15.9. The molecule has 0 bridgehead atoms. The van der Waals surface area contributed by atoms with Crippen LogP contribution in [0.5, 0.6) is 5.75 Å². The second-order valence-electron chi connectivity index (χ2n) is 6.89. The van der Waals surface area contributed by atoms with Gasteiger partial charge in [0.2, 0.25) is 0 Å². The van der Waals surface area contributed by atoms with Crippen molar-refractivity contribution >= 4 is 34.8 Å². The molecule has 0 N–H and O–H groups in total. The zero-order valence-electron chi connectivity index (χ0n) is 15.3. The van der Waals surface area contributed by atoms with Crippen molar-refractivity contribution in [1.29, 1.82) is 0 Å². The molecule has 0 atom stereocenters. The number of hydrogen-bond acceptors (Lipinski definition) is 3. The molecule has 1 aliphatic rings. The molecule has 2 aromatic rings. The molecule has 0 saturated heterocycles. The van der Waals surface area contributed by atoms with E-state index in [0.717, 1.165) is 22.7 Å². The number of hydrogen-bond donors (Lipinski definition) is 0. The Labute approximate surface area is 154 Å². The van der Waals surface area contributed by atoms with E-state index < -0.39 is 0 Å². The van der Waals surface area contributed by atoms with Crippen molar-refractivity contribution in [1.82, 2.24) is 0 Å². The lowest BCUT2D eigenvalue weighted by Gasteiger charge is -2.40. The summed E-state index contributed by atoms with van der Waals surface area (Å²) >= 11 is 6.52. The van der Waals surface area contributed by atoms with Crippen LogP contribution >= 0.6 is 11.6 Å². The van der Waals surface area contributed by atoms with Crippen LogP contribution in [0.4, 0.5) is 11.4 Å². The number of aliphatic imine (C=N–C) groups is 1. The minimum Gasteiger partial charge on any atom is -0.497 e. The quantitative estimate of drug-likeness (QED) is 0.657. The van der Waals surface area contributed by atoms with E-state index in [1.807, 2.05) is 36.5 Å². The summed E-state index contributed by atoms with van der Waals surface area (Å²) in [5.74, 6) is 0.817. The van der Waals surface area contributed by atoms with Crippen LogP contribution < -0.4 is 9.64 Å². The summed E-state index contributed by atoms with van der Waals surface area (Å²) in [5, 5.41) is 0.702. The maximum atomic E-state index is 6.52. The summed E-state index contributed by atoms with van der Waals surface area (Å²) in [4.78, 5) is 6.79. The minimum atomic E-state index is -0.0287. The summed E-state index contributed by atoms with van der Waals surface area (Å²) in [6.07, 6.45) is 4.10. The summed E-state index contributed by atoms with van der Waals surface area (Å²) in [7, 11) is 3.75. The molecule has 2 aromatic carbocycles. The first-order valence-corrected chi connectivity index (χ1v) is 8.65.